The van der Waals surface area contributed by atoms with Gasteiger partial charge in [0.15, 0.2) is 23.0 Å². The molecule has 0 aliphatic carbocycles. The maximum absolute atomic E-state index is 12.7. The minimum atomic E-state index is -0.259. The van der Waals surface area contributed by atoms with Gasteiger partial charge in [-0.25, -0.2) is 19.6 Å². The second kappa shape index (κ2) is 20.7. The number of carbonyl (C=O) groups is 2. The van der Waals surface area contributed by atoms with Crippen molar-refractivity contribution < 1.29 is 28.5 Å². The molecule has 8 aromatic rings. The first-order valence-corrected chi connectivity index (χ1v) is 23.8. The van der Waals surface area contributed by atoms with Crippen LogP contribution in [0.3, 0.4) is 0 Å². The number of aryl methyl sites for hydroxylation is 1. The quantitative estimate of drug-likeness (QED) is 0.154. The molecule has 0 spiro atoms. The number of aromatic nitrogens is 2. The van der Waals surface area contributed by atoms with Gasteiger partial charge in [0.2, 0.25) is 0 Å². The van der Waals surface area contributed by atoms with E-state index < -0.39 is 0 Å². The van der Waals surface area contributed by atoms with Crippen molar-refractivity contribution >= 4 is 45.2 Å². The highest BCUT2D eigenvalue weighted by atomic mass is 16.5. The molecule has 4 heterocycles. The normalized spacial score (nSPS) is 15.1. The third-order valence-electron chi connectivity index (χ3n) is 13.4. The first-order chi connectivity index (χ1) is 35.0. The number of hydrazone groups is 2. The van der Waals surface area contributed by atoms with Gasteiger partial charge in [-0.15, -0.1) is 0 Å². The predicted octanol–water partition coefficient (Wildman–Crippen LogP) is 10.5. The van der Waals surface area contributed by atoms with E-state index in [1.165, 1.54) is 20.9 Å². The van der Waals surface area contributed by atoms with Gasteiger partial charge in [0.25, 0.3) is 0 Å². The van der Waals surface area contributed by atoms with E-state index in [4.69, 9.17) is 29.2 Å². The zero-order valence-electron chi connectivity index (χ0n) is 42.0. The highest BCUT2D eigenvalue weighted by Crippen LogP contribution is 2.37. The fourth-order valence-corrected chi connectivity index (χ4v) is 9.53. The van der Waals surface area contributed by atoms with Crippen LogP contribution >= 0.6 is 0 Å². The number of carbonyl (C=O) groups excluding carboxylic acids is 2. The molecule has 14 heteroatoms. The van der Waals surface area contributed by atoms with Gasteiger partial charge >= 0.3 is 12.1 Å². The van der Waals surface area contributed by atoms with Gasteiger partial charge in [0, 0.05) is 83.8 Å². The summed E-state index contributed by atoms with van der Waals surface area (Å²) < 4.78 is 24.4. The lowest BCUT2D eigenvalue weighted by Gasteiger charge is -2.22. The third-order valence-corrected chi connectivity index (χ3v) is 13.4. The molecule has 14 nitrogen and oxygen atoms in total. The van der Waals surface area contributed by atoms with Gasteiger partial charge in [0.05, 0.1) is 51.9 Å². The molecule has 0 saturated carbocycles. The van der Waals surface area contributed by atoms with E-state index in [-0.39, 0.29) is 24.1 Å². The lowest BCUT2D eigenvalue weighted by atomic mass is 9.92. The van der Waals surface area contributed by atoms with Crippen molar-refractivity contribution in [3.63, 3.8) is 0 Å². The van der Waals surface area contributed by atoms with Gasteiger partial charge in [-0.2, -0.15) is 10.2 Å². The Morgan fingerprint density at radius 2 is 1.00 bits per heavy atom. The first kappa shape index (κ1) is 48.4. The van der Waals surface area contributed by atoms with E-state index >= 15 is 0 Å². The van der Waals surface area contributed by atoms with E-state index in [9.17, 15) is 9.59 Å². The summed E-state index contributed by atoms with van der Waals surface area (Å²) in [6.45, 7) is 3.98. The fourth-order valence-electron chi connectivity index (χ4n) is 9.53. The number of fused-ring (bicyclic) bond motifs is 4. The Bertz CT molecular complexity index is 3380. The van der Waals surface area contributed by atoms with Crippen molar-refractivity contribution in [2.24, 2.45) is 17.3 Å². The lowest BCUT2D eigenvalue weighted by molar-refractivity contribution is 0.184. The number of rotatable bonds is 8. The van der Waals surface area contributed by atoms with Crippen molar-refractivity contribution in [1.29, 1.82) is 0 Å². The molecule has 2 atom stereocenters. The second-order valence-corrected chi connectivity index (χ2v) is 17.8. The van der Waals surface area contributed by atoms with Crippen molar-refractivity contribution in [3.8, 4) is 45.3 Å². The molecule has 2 aromatic heterocycles. The molecule has 0 radical (unpaired) electrons. The molecule has 0 fully saturated rings. The van der Waals surface area contributed by atoms with Crippen LogP contribution in [0.25, 0.3) is 43.9 Å². The van der Waals surface area contributed by atoms with Crippen LogP contribution < -0.4 is 29.6 Å². The monoisotopic (exact) mass is 962 g/mol. The molecule has 4 amide bonds. The molecule has 2 N–H and O–H groups in total. The van der Waals surface area contributed by atoms with E-state index in [1.807, 2.05) is 74.8 Å². The third kappa shape index (κ3) is 9.38. The van der Waals surface area contributed by atoms with Crippen LogP contribution in [0.5, 0.6) is 23.0 Å². The molecule has 2 aliphatic rings. The van der Waals surface area contributed by atoms with Crippen molar-refractivity contribution in [2.75, 3.05) is 42.5 Å². The van der Waals surface area contributed by atoms with Crippen LogP contribution in [0, 0.1) is 0 Å². The van der Waals surface area contributed by atoms with Crippen LogP contribution in [0.1, 0.15) is 47.2 Å². The topological polar surface area (TPSA) is 144 Å². The van der Waals surface area contributed by atoms with E-state index in [2.05, 4.69) is 106 Å². The lowest BCUT2D eigenvalue weighted by Crippen LogP contribution is -2.41. The largest absolute Gasteiger partial charge is 0.493 e. The number of hydrogen-bond acceptors (Lipinski definition) is 9. The molecule has 0 bridgehead atoms. The van der Waals surface area contributed by atoms with Gasteiger partial charge in [0.1, 0.15) is 0 Å². The molecule has 10 rings (SSSR count). The fraction of sp³-hybridized carbons (Fsp3) is 0.224. The van der Waals surface area contributed by atoms with E-state index in [0.29, 0.717) is 47.3 Å². The van der Waals surface area contributed by atoms with Gasteiger partial charge in [-0.1, -0.05) is 78.9 Å². The molecular formula is C58H58N8O6. The second-order valence-electron chi connectivity index (χ2n) is 17.8. The van der Waals surface area contributed by atoms with Crippen LogP contribution in [-0.2, 0) is 19.9 Å². The van der Waals surface area contributed by atoms with Gasteiger partial charge in [-0.3, -0.25) is 4.98 Å². The summed E-state index contributed by atoms with van der Waals surface area (Å²) in [5.74, 6) is 2.54. The maximum Gasteiger partial charge on any atom is 0.337 e. The highest BCUT2D eigenvalue weighted by molar-refractivity contribution is 6.15. The zero-order chi connectivity index (χ0) is 50.6. The zero-order valence-corrected chi connectivity index (χ0v) is 42.0. The van der Waals surface area contributed by atoms with Crippen molar-refractivity contribution in [2.45, 2.75) is 38.8 Å². The average molecular weight is 963 g/mol. The maximum atomic E-state index is 12.7. The first-order valence-electron chi connectivity index (χ1n) is 23.8. The van der Waals surface area contributed by atoms with E-state index in [1.54, 1.807) is 42.5 Å². The minimum absolute atomic E-state index is 0.142. The van der Waals surface area contributed by atoms with Crippen LogP contribution in [0.2, 0.25) is 0 Å². The summed E-state index contributed by atoms with van der Waals surface area (Å²) in [6.07, 6.45) is 7.09. The average Bonchev–Trinajstić information content (AvgIpc) is 3.64. The SMILES string of the molecule is CNC(=O)N1N=C(c2ccc(-c3ccc4c(ccn4C)c3)cc2)c2cc(OC)c(OC)cc2CC1C.CNC(=O)N1N=C(c2ccc(-c3cncc4ccccc34)cc2)c2cc(OC)c(OC)cc2CC1C. The van der Waals surface area contributed by atoms with Crippen LogP contribution in [0.4, 0.5) is 9.59 Å². The molecular weight excluding hydrogens is 905 g/mol. The molecule has 72 heavy (non-hydrogen) atoms. The molecule has 2 aliphatic heterocycles. The van der Waals surface area contributed by atoms with Crippen molar-refractivity contribution in [3.05, 3.63) is 173 Å². The Hall–Kier alpha value is -8.65. The van der Waals surface area contributed by atoms with Crippen LogP contribution in [0.15, 0.2) is 150 Å². The Morgan fingerprint density at radius 3 is 1.51 bits per heavy atom. The number of urea groups is 2. The minimum Gasteiger partial charge on any atom is -0.493 e. The van der Waals surface area contributed by atoms with E-state index in [0.717, 1.165) is 66.4 Å². The number of nitrogens with one attached hydrogen (secondary N) is 2. The smallest absolute Gasteiger partial charge is 0.337 e. The Balaban J connectivity index is 0.000000178. The Kier molecular flexibility index (Phi) is 13.9. The van der Waals surface area contributed by atoms with Crippen LogP contribution in [-0.4, -0.2) is 97.7 Å². The number of benzene rings is 6. The predicted molar refractivity (Wildman–Crippen MR) is 285 cm³/mol. The Labute approximate surface area is 419 Å². The number of amides is 4. The Morgan fingerprint density at radius 1 is 0.528 bits per heavy atom. The highest BCUT2D eigenvalue weighted by Gasteiger charge is 2.30. The van der Waals surface area contributed by atoms with Crippen molar-refractivity contribution in [1.82, 2.24) is 30.2 Å². The summed E-state index contributed by atoms with van der Waals surface area (Å²) in [4.78, 5) is 29.9. The number of methoxy groups -OCH3 is 4. The molecule has 6 aromatic carbocycles. The summed E-state index contributed by atoms with van der Waals surface area (Å²) >= 11 is 0. The summed E-state index contributed by atoms with van der Waals surface area (Å²) in [5, 5.41) is 21.6. The summed E-state index contributed by atoms with van der Waals surface area (Å²) in [5.41, 5.74) is 12.7. The molecule has 0 saturated heterocycles. The summed E-state index contributed by atoms with van der Waals surface area (Å²) in [7, 11) is 11.8. The number of pyridine rings is 1. The molecule has 366 valence electrons. The van der Waals surface area contributed by atoms with Gasteiger partial charge in [-0.05, 0) is 102 Å². The number of hydrogen-bond donors (Lipinski definition) is 2. The summed E-state index contributed by atoms with van der Waals surface area (Å²) in [6, 6.07) is 40.4. The number of nitrogens with zero attached hydrogens (tertiary/aromatic N) is 6. The number of ether oxygens (including phenoxy) is 4. The molecule has 2 unspecified atom stereocenters. The van der Waals surface area contributed by atoms with Gasteiger partial charge < -0.3 is 34.1 Å². The standard InChI is InChI=1S/C29H30N4O3.C29H28N4O3/c1-18-14-23-16-26(35-4)27(36-5)17-24(23)28(31-33(18)29(34)30-2)20-8-6-19(7-9-20)21-10-11-25-22(15-21)12-13-32(25)3;1-18-13-22-14-26(35-3)27(36-4)15-24(22)28(32-33(18)29(34)30-2)20-11-9-19(10-12-20)25-17-31-16-21-7-5-6-8-23(21)25/h6-13,15-18H,14H2,1-5H3,(H,30,34);5-12,14-18H,13H2,1-4H3,(H,30,34).